The molecule has 1 fully saturated rings. The Kier molecular flexibility index (Phi) is 25.9. The lowest BCUT2D eigenvalue weighted by Gasteiger charge is -2.27. The number of carbonyl (C=O) groups is 6. The molecule has 360 valence electrons. The summed E-state index contributed by atoms with van der Waals surface area (Å²) in [5, 5.41) is 8.22. The Morgan fingerprint density at radius 3 is 1.71 bits per heavy atom. The lowest BCUT2D eigenvalue weighted by molar-refractivity contribution is -0.136. The Morgan fingerprint density at radius 1 is 0.631 bits per heavy atom. The van der Waals surface area contributed by atoms with Gasteiger partial charge < -0.3 is 53.3 Å². The van der Waals surface area contributed by atoms with Crippen LogP contribution >= 0.6 is 0 Å². The largest absolute Gasteiger partial charge is 0.460 e. The maximum Gasteiger partial charge on any atom is 0.338 e. The van der Waals surface area contributed by atoms with Gasteiger partial charge in [-0.15, -0.1) is 0 Å². The minimum atomic E-state index is -1.08. The van der Waals surface area contributed by atoms with Gasteiger partial charge in [-0.3, -0.25) is 34.2 Å². The van der Waals surface area contributed by atoms with E-state index >= 15 is 0 Å². The summed E-state index contributed by atoms with van der Waals surface area (Å²) in [6.07, 6.45) is 4.64. The zero-order valence-electron chi connectivity index (χ0n) is 37.6. The molecule has 1 unspecified atom stereocenters. The number of anilines is 2. The maximum atomic E-state index is 13.2. The van der Waals surface area contributed by atoms with Crippen molar-refractivity contribution in [2.75, 3.05) is 129 Å². The number of hydrogen-bond acceptors (Lipinski definition) is 16. The summed E-state index contributed by atoms with van der Waals surface area (Å²) < 4.78 is 49.3. The highest BCUT2D eigenvalue weighted by Crippen LogP contribution is 2.32. The minimum Gasteiger partial charge on any atom is -0.460 e. The highest BCUT2D eigenvalue weighted by molar-refractivity contribution is 6.26. The highest BCUT2D eigenvalue weighted by atomic mass is 16.6. The third-order valence-corrected chi connectivity index (χ3v) is 9.98. The third kappa shape index (κ3) is 20.0. The molecule has 4 rings (SSSR count). The molecule has 5 amide bonds. The summed E-state index contributed by atoms with van der Waals surface area (Å²) >= 11 is 0. The molecule has 0 aromatic heterocycles. The van der Waals surface area contributed by atoms with Gasteiger partial charge in [0, 0.05) is 31.7 Å². The molecule has 3 N–H and O–H groups in total. The molecular weight excluding hydrogens is 849 g/mol. The fourth-order valence-corrected chi connectivity index (χ4v) is 6.55. The van der Waals surface area contributed by atoms with Gasteiger partial charge in [0.25, 0.3) is 11.8 Å². The van der Waals surface area contributed by atoms with Crippen molar-refractivity contribution >= 4 is 46.9 Å². The number of ether oxygens (including phenoxy) is 9. The normalized spacial score (nSPS) is 14.7. The summed E-state index contributed by atoms with van der Waals surface area (Å²) in [5.41, 5.74) is 1.86. The Balaban J connectivity index is 0.832. The zero-order chi connectivity index (χ0) is 46.3. The molecule has 2 aliphatic rings. The van der Waals surface area contributed by atoms with Crippen molar-refractivity contribution < 1.29 is 71.4 Å². The smallest absolute Gasteiger partial charge is 0.338 e. The van der Waals surface area contributed by atoms with Crippen molar-refractivity contribution in [2.24, 2.45) is 0 Å². The maximum absolute atomic E-state index is 13.2. The van der Waals surface area contributed by atoms with Crippen molar-refractivity contribution in [3.63, 3.8) is 0 Å². The SMILES string of the molecule is CCCCNc1ccc(C(=O)OCCOCCOCCOCCOCCOCCOCCOCCOCCCCCC(=O)Nc2cccc3c2C(=O)N(C2CCC(=O)NC2=O)C3=O)cc1. The monoisotopic (exact) mass is 914 g/mol. The van der Waals surface area contributed by atoms with Gasteiger partial charge in [0.15, 0.2) is 0 Å². The molecule has 0 spiro atoms. The Bertz CT molecular complexity index is 1760. The second kappa shape index (κ2) is 31.9. The molecule has 2 heterocycles. The molecule has 2 aromatic carbocycles. The number of benzene rings is 2. The van der Waals surface area contributed by atoms with Crippen LogP contribution in [0.1, 0.15) is 89.4 Å². The summed E-state index contributed by atoms with van der Waals surface area (Å²) in [7, 11) is 0. The van der Waals surface area contributed by atoms with Crippen molar-refractivity contribution in [2.45, 2.75) is 64.3 Å². The number of esters is 1. The molecule has 0 saturated carbocycles. The number of amides is 5. The molecule has 1 saturated heterocycles. The number of unbranched alkanes of at least 4 members (excludes halogenated alkanes) is 3. The lowest BCUT2D eigenvalue weighted by atomic mass is 10.0. The molecule has 65 heavy (non-hydrogen) atoms. The average Bonchev–Trinajstić information content (AvgIpc) is 3.56. The molecule has 19 nitrogen and oxygen atoms in total. The van der Waals surface area contributed by atoms with Gasteiger partial charge in [-0.25, -0.2) is 4.79 Å². The quantitative estimate of drug-likeness (QED) is 0.0498. The number of carbonyl (C=O) groups excluding carboxylic acids is 6. The van der Waals surface area contributed by atoms with Crippen LogP contribution in [0.5, 0.6) is 0 Å². The summed E-state index contributed by atoms with van der Waals surface area (Å²) in [6.45, 7) is 10.2. The van der Waals surface area contributed by atoms with Crippen LogP contribution in [-0.4, -0.2) is 165 Å². The van der Waals surface area contributed by atoms with Crippen molar-refractivity contribution in [3.05, 3.63) is 59.2 Å². The number of fused-ring (bicyclic) bond motifs is 1. The van der Waals surface area contributed by atoms with E-state index in [4.69, 9.17) is 42.6 Å². The summed E-state index contributed by atoms with van der Waals surface area (Å²) in [6, 6.07) is 10.8. The van der Waals surface area contributed by atoms with E-state index < -0.39 is 29.7 Å². The predicted molar refractivity (Wildman–Crippen MR) is 237 cm³/mol. The molecule has 2 aliphatic heterocycles. The number of piperidine rings is 1. The first-order valence-corrected chi connectivity index (χ1v) is 22.6. The van der Waals surface area contributed by atoms with Crippen LogP contribution in [0.25, 0.3) is 0 Å². The van der Waals surface area contributed by atoms with Crippen LogP contribution in [0, 0.1) is 0 Å². The van der Waals surface area contributed by atoms with Gasteiger partial charge in [-0.1, -0.05) is 25.8 Å². The Morgan fingerprint density at radius 2 is 1.17 bits per heavy atom. The Hall–Kier alpha value is -4.86. The fraction of sp³-hybridized carbons (Fsp3) is 0.609. The first kappa shape index (κ1) is 52.8. The molecule has 2 aromatic rings. The van der Waals surface area contributed by atoms with E-state index in [-0.39, 0.29) is 54.6 Å². The van der Waals surface area contributed by atoms with Crippen LogP contribution in [0.3, 0.4) is 0 Å². The van der Waals surface area contributed by atoms with E-state index in [2.05, 4.69) is 22.9 Å². The first-order chi connectivity index (χ1) is 31.8. The standard InChI is InChI=1S/C46H66N4O15/c1-2-3-17-47-36-13-11-35(12-14-36)46(56)65-34-33-64-32-31-63-30-29-62-28-27-61-26-25-60-24-23-59-22-21-58-20-19-57-18-6-4-5-10-40(51)48-38-9-7-8-37-42(38)45(55)50(44(37)54)39-15-16-41(52)49-43(39)53/h7-9,11-14,39,47H,2-6,10,15-34H2,1H3,(H,48,51)(H,49,52,53). The van der Waals surface area contributed by atoms with Crippen molar-refractivity contribution in [1.29, 1.82) is 0 Å². The first-order valence-electron chi connectivity index (χ1n) is 22.6. The highest BCUT2D eigenvalue weighted by Gasteiger charge is 2.45. The summed E-state index contributed by atoms with van der Waals surface area (Å²) in [5.74, 6) is -3.11. The topological polar surface area (TPSA) is 225 Å². The molecule has 19 heteroatoms. The molecule has 0 aliphatic carbocycles. The number of rotatable bonds is 37. The van der Waals surface area contributed by atoms with Gasteiger partial charge in [-0.2, -0.15) is 0 Å². The second-order valence-electron chi connectivity index (χ2n) is 14.9. The predicted octanol–water partition coefficient (Wildman–Crippen LogP) is 3.79. The van der Waals surface area contributed by atoms with Gasteiger partial charge in [-0.05, 0) is 62.1 Å². The van der Waals surface area contributed by atoms with E-state index in [1.54, 1.807) is 24.3 Å². The van der Waals surface area contributed by atoms with Gasteiger partial charge in [0.05, 0.1) is 121 Å². The van der Waals surface area contributed by atoms with E-state index in [0.717, 1.165) is 42.8 Å². The van der Waals surface area contributed by atoms with Gasteiger partial charge >= 0.3 is 5.97 Å². The summed E-state index contributed by atoms with van der Waals surface area (Å²) in [4.78, 5) is 75.8. The Labute approximate surface area is 380 Å². The number of imide groups is 2. The molecule has 1 atom stereocenters. The van der Waals surface area contributed by atoms with Crippen molar-refractivity contribution in [3.8, 4) is 0 Å². The van der Waals surface area contributed by atoms with Gasteiger partial charge in [0.2, 0.25) is 17.7 Å². The second-order valence-corrected chi connectivity index (χ2v) is 14.9. The fourth-order valence-electron chi connectivity index (χ4n) is 6.55. The number of nitrogens with one attached hydrogen (secondary N) is 3. The molecule has 0 bridgehead atoms. The molecule has 0 radical (unpaired) electrons. The van der Waals surface area contributed by atoms with Gasteiger partial charge in [0.1, 0.15) is 12.6 Å². The third-order valence-electron chi connectivity index (χ3n) is 9.98. The van der Waals surface area contributed by atoms with Crippen LogP contribution in [0.2, 0.25) is 0 Å². The number of nitrogens with zero attached hydrogens (tertiary/aromatic N) is 1. The lowest BCUT2D eigenvalue weighted by Crippen LogP contribution is -2.54. The molecular formula is C46H66N4O15. The average molecular weight is 915 g/mol. The van der Waals surface area contributed by atoms with Crippen LogP contribution in [-0.2, 0) is 57.0 Å². The van der Waals surface area contributed by atoms with Crippen LogP contribution in [0.4, 0.5) is 11.4 Å². The van der Waals surface area contributed by atoms with Crippen molar-refractivity contribution in [1.82, 2.24) is 10.2 Å². The number of hydrogen-bond donors (Lipinski definition) is 3. The minimum absolute atomic E-state index is 0.0248. The van der Waals surface area contributed by atoms with Crippen LogP contribution in [0.15, 0.2) is 42.5 Å². The van der Waals surface area contributed by atoms with E-state index in [0.29, 0.717) is 118 Å². The van der Waals surface area contributed by atoms with E-state index in [9.17, 15) is 28.8 Å². The zero-order valence-corrected chi connectivity index (χ0v) is 37.6. The van der Waals surface area contributed by atoms with Crippen LogP contribution < -0.4 is 16.0 Å². The van der Waals surface area contributed by atoms with E-state index in [1.807, 2.05) is 12.1 Å². The van der Waals surface area contributed by atoms with E-state index in [1.165, 1.54) is 6.07 Å².